The van der Waals surface area contributed by atoms with E-state index in [2.05, 4.69) is 0 Å². The maximum absolute atomic E-state index is 14.0. The Morgan fingerprint density at radius 3 is 1.62 bits per heavy atom. The predicted octanol–water partition coefficient (Wildman–Crippen LogP) is -1.32. The molecule has 78 heavy (non-hydrogen) atoms. The van der Waals surface area contributed by atoms with E-state index in [1.165, 1.54) is 103 Å². The molecule has 428 valence electrons. The molecule has 0 bridgehead atoms. The molecule has 0 saturated carbocycles. The monoisotopic (exact) mass is 1110 g/mol. The van der Waals surface area contributed by atoms with Crippen LogP contribution in [0, 0.1) is 0 Å². The summed E-state index contributed by atoms with van der Waals surface area (Å²) in [4.78, 5) is 40.7. The number of carbonyl (C=O) groups is 3. The molecule has 0 unspecified atom stereocenters. The summed E-state index contributed by atoms with van der Waals surface area (Å²) in [7, 11) is 8.00. The quantitative estimate of drug-likeness (QED) is 0.0299. The Kier molecular flexibility index (Phi) is 21.0. The van der Waals surface area contributed by atoms with Crippen LogP contribution in [-0.2, 0) is 52.3 Å². The Hall–Kier alpha value is -6.83. The van der Waals surface area contributed by atoms with Crippen molar-refractivity contribution in [2.24, 2.45) is 0 Å². The van der Waals surface area contributed by atoms with Crippen LogP contribution in [0.25, 0.3) is 18.2 Å². The highest BCUT2D eigenvalue weighted by atomic mass is 16.8. The van der Waals surface area contributed by atoms with Crippen molar-refractivity contribution in [3.8, 4) is 46.0 Å². The third kappa shape index (κ3) is 13.7. The van der Waals surface area contributed by atoms with Crippen LogP contribution < -0.4 is 28.4 Å². The van der Waals surface area contributed by atoms with E-state index in [0.29, 0.717) is 16.7 Å². The molecule has 3 heterocycles. The molecule has 14 atom stereocenters. The second-order valence-electron chi connectivity index (χ2n) is 17.3. The van der Waals surface area contributed by atoms with Crippen molar-refractivity contribution in [2.45, 2.75) is 85.5 Å². The van der Waals surface area contributed by atoms with Crippen LogP contribution in [-0.4, -0.2) is 224 Å². The number of benzene rings is 3. The van der Waals surface area contributed by atoms with Crippen LogP contribution in [0.15, 0.2) is 60.7 Å². The van der Waals surface area contributed by atoms with Gasteiger partial charge in [0.2, 0.25) is 17.3 Å². The Balaban J connectivity index is 1.36. The third-order valence-electron chi connectivity index (χ3n) is 12.5. The first-order valence-electron chi connectivity index (χ1n) is 23.6. The minimum absolute atomic E-state index is 0.0104. The van der Waals surface area contributed by atoms with Crippen LogP contribution in [0.5, 0.6) is 46.0 Å². The fraction of sp³-hybridized carbons (Fsp3) is 0.471. The molecule has 3 fully saturated rings. The van der Waals surface area contributed by atoms with Gasteiger partial charge in [-0.2, -0.15) is 0 Å². The smallest absolute Gasteiger partial charge is 0.331 e. The number of carbonyl (C=O) groups excluding carboxylic acids is 3. The lowest BCUT2D eigenvalue weighted by Crippen LogP contribution is -2.66. The SMILES string of the molecule is COc1cc(C=CC(=O)O[C@@H]2[C@@H](CO)O[C@@](CO)(O[C@H]3O[C@H](COC(=O)C=Cc4cc(OC)c(O)c(OC)c4)[C@@H](O)[C@H](O)[C@H]3O[C@@H]3O[C@H](CO)[C@@H](O)[C@H](O)[C@H]3O)[C@H]2OC(=O)C=Cc2cc(OC)c(OC)c(OC)c2)ccc1O. The molecule has 3 aromatic carbocycles. The largest absolute Gasteiger partial charge is 0.504 e. The fourth-order valence-corrected chi connectivity index (χ4v) is 8.39. The van der Waals surface area contributed by atoms with Crippen LogP contribution in [0.4, 0.5) is 0 Å². The van der Waals surface area contributed by atoms with Gasteiger partial charge in [-0.3, -0.25) is 0 Å². The lowest BCUT2D eigenvalue weighted by Gasteiger charge is -2.47. The first kappa shape index (κ1) is 60.4. The highest BCUT2D eigenvalue weighted by molar-refractivity contribution is 5.89. The van der Waals surface area contributed by atoms with Gasteiger partial charge in [0.15, 0.2) is 59.3 Å². The molecular formula is C51H62O27. The Labute approximate surface area is 445 Å². The molecule has 0 aromatic heterocycles. The second kappa shape index (κ2) is 27.2. The topological polar surface area (TPSA) is 383 Å². The average molecular weight is 1110 g/mol. The molecule has 0 radical (unpaired) electrons. The van der Waals surface area contributed by atoms with E-state index in [-0.39, 0.29) is 46.0 Å². The van der Waals surface area contributed by atoms with Crippen molar-refractivity contribution in [3.63, 3.8) is 0 Å². The number of aromatic hydroxyl groups is 2. The van der Waals surface area contributed by atoms with Crippen molar-refractivity contribution in [1.29, 1.82) is 0 Å². The summed E-state index contributed by atoms with van der Waals surface area (Å²) in [6.45, 7) is -4.18. The van der Waals surface area contributed by atoms with E-state index in [0.717, 1.165) is 18.2 Å². The van der Waals surface area contributed by atoms with E-state index in [1.54, 1.807) is 0 Å². The zero-order valence-electron chi connectivity index (χ0n) is 42.8. The molecule has 6 rings (SSSR count). The van der Waals surface area contributed by atoms with Crippen molar-refractivity contribution in [2.75, 3.05) is 69.1 Å². The van der Waals surface area contributed by atoms with Gasteiger partial charge in [0.25, 0.3) is 0 Å². The van der Waals surface area contributed by atoms with Crippen molar-refractivity contribution >= 4 is 36.1 Å². The summed E-state index contributed by atoms with van der Waals surface area (Å²) in [6.07, 6.45) is -19.3. The standard InChI is InChI=1S/C51H62O27/c1-65-28-15-24(7-11-27(28)55)8-13-37(57)74-46-34(21-53)77-51(23-54,48(46)75-38(58)14-10-26-18-31(68-4)45(70-6)32(19-26)69-5)78-50-47(76-49-44(64)42(62)40(60)33(20-52)72-49)43(63)41(61)35(73-50)22-71-36(56)12-9-25-16-29(66-2)39(59)30(17-25)67-3/h7-19,33-35,40-44,46-50,52-55,59-64H,20-23H2,1-6H3/t33-,34-,35-,40-,41-,42+,43+,44-,46-,47-,48+,49+,50-,51+/m1/s1. The number of hydrogen-bond acceptors (Lipinski definition) is 27. The van der Waals surface area contributed by atoms with E-state index < -0.39 is 130 Å². The van der Waals surface area contributed by atoms with Gasteiger partial charge in [-0.15, -0.1) is 0 Å². The molecule has 3 aliphatic heterocycles. The van der Waals surface area contributed by atoms with Gasteiger partial charge in [0.05, 0.1) is 55.9 Å². The lowest BCUT2D eigenvalue weighted by atomic mass is 9.97. The predicted molar refractivity (Wildman–Crippen MR) is 262 cm³/mol. The molecule has 3 aliphatic rings. The summed E-state index contributed by atoms with van der Waals surface area (Å²) in [6, 6.07) is 9.84. The average Bonchev–Trinajstić information content (AvgIpc) is 3.97. The highest BCUT2D eigenvalue weighted by Gasteiger charge is 2.63. The number of aliphatic hydroxyl groups is 8. The fourth-order valence-electron chi connectivity index (χ4n) is 8.39. The zero-order valence-corrected chi connectivity index (χ0v) is 42.8. The Morgan fingerprint density at radius 1 is 0.551 bits per heavy atom. The van der Waals surface area contributed by atoms with E-state index >= 15 is 0 Å². The molecule has 27 heteroatoms. The number of phenols is 2. The third-order valence-corrected chi connectivity index (χ3v) is 12.5. The summed E-state index contributed by atoms with van der Waals surface area (Å²) < 4.78 is 78.3. The van der Waals surface area contributed by atoms with Crippen LogP contribution in [0.2, 0.25) is 0 Å². The highest BCUT2D eigenvalue weighted by Crippen LogP contribution is 2.42. The molecule has 3 aromatic rings. The van der Waals surface area contributed by atoms with E-state index in [1.807, 2.05) is 0 Å². The van der Waals surface area contributed by atoms with E-state index in [4.69, 9.17) is 66.3 Å². The number of ether oxygens (including phenoxy) is 14. The number of rotatable bonds is 23. The first-order valence-corrected chi connectivity index (χ1v) is 23.6. The molecule has 0 amide bonds. The molecular weight excluding hydrogens is 1040 g/mol. The van der Waals surface area contributed by atoms with Gasteiger partial charge in [-0.05, 0) is 71.3 Å². The molecule has 27 nitrogen and oxygen atoms in total. The zero-order chi connectivity index (χ0) is 57.0. The summed E-state index contributed by atoms with van der Waals surface area (Å²) >= 11 is 0. The summed E-state index contributed by atoms with van der Waals surface area (Å²) in [5.74, 6) is -6.02. The summed E-state index contributed by atoms with van der Waals surface area (Å²) in [5, 5.41) is 108. The van der Waals surface area contributed by atoms with Crippen molar-refractivity contribution < 1.29 is 132 Å². The number of hydrogen-bond donors (Lipinski definition) is 10. The maximum Gasteiger partial charge on any atom is 0.331 e. The number of phenolic OH excluding ortho intramolecular Hbond substituents is 2. The molecule has 10 N–H and O–H groups in total. The first-order chi connectivity index (χ1) is 37.3. The molecule has 3 saturated heterocycles. The van der Waals surface area contributed by atoms with Crippen LogP contribution in [0.3, 0.4) is 0 Å². The van der Waals surface area contributed by atoms with Gasteiger partial charge in [0, 0.05) is 18.2 Å². The van der Waals surface area contributed by atoms with Gasteiger partial charge in [0.1, 0.15) is 68.1 Å². The van der Waals surface area contributed by atoms with Crippen LogP contribution >= 0.6 is 0 Å². The minimum atomic E-state index is -2.83. The molecule has 0 spiro atoms. The van der Waals surface area contributed by atoms with Gasteiger partial charge < -0.3 is 117 Å². The number of methoxy groups -OCH3 is 6. The molecule has 0 aliphatic carbocycles. The van der Waals surface area contributed by atoms with Gasteiger partial charge in [-0.1, -0.05) is 6.07 Å². The second-order valence-corrected chi connectivity index (χ2v) is 17.3. The van der Waals surface area contributed by atoms with Gasteiger partial charge in [-0.25, -0.2) is 14.4 Å². The van der Waals surface area contributed by atoms with Crippen molar-refractivity contribution in [1.82, 2.24) is 0 Å². The summed E-state index contributed by atoms with van der Waals surface area (Å²) in [5.41, 5.74) is 0.952. The minimum Gasteiger partial charge on any atom is -0.504 e. The van der Waals surface area contributed by atoms with Crippen LogP contribution in [0.1, 0.15) is 16.7 Å². The van der Waals surface area contributed by atoms with E-state index in [9.17, 15) is 65.4 Å². The van der Waals surface area contributed by atoms with Crippen molar-refractivity contribution in [3.05, 3.63) is 77.4 Å². The lowest BCUT2D eigenvalue weighted by molar-refractivity contribution is -0.408. The normalized spacial score (nSPS) is 29.1. The Morgan fingerprint density at radius 2 is 1.06 bits per heavy atom. The van der Waals surface area contributed by atoms with Gasteiger partial charge >= 0.3 is 17.9 Å². The maximum atomic E-state index is 14.0. The Bertz CT molecular complexity index is 2570. The number of esters is 3. The number of aliphatic hydroxyl groups excluding tert-OH is 8.